The summed E-state index contributed by atoms with van der Waals surface area (Å²) in [5, 5.41) is 30.3. The molecule has 150 valence electrons. The van der Waals surface area contributed by atoms with E-state index in [1.54, 1.807) is 46.8 Å². The van der Waals surface area contributed by atoms with E-state index in [1.165, 1.54) is 11.3 Å². The Kier molecular flexibility index (Phi) is 5.28. The zero-order valence-electron chi connectivity index (χ0n) is 15.5. The molecular weight excluding hydrogens is 392 g/mol. The Balaban J connectivity index is 1.59. The summed E-state index contributed by atoms with van der Waals surface area (Å²) in [5.41, 5.74) is 7.76. The maximum absolute atomic E-state index is 12.7. The van der Waals surface area contributed by atoms with Gasteiger partial charge in [0.05, 0.1) is 24.0 Å². The molecule has 29 heavy (non-hydrogen) atoms. The number of carbonyl (C=O) groups is 1. The van der Waals surface area contributed by atoms with Crippen LogP contribution in [0.5, 0.6) is 5.75 Å². The quantitative estimate of drug-likeness (QED) is 0.583. The summed E-state index contributed by atoms with van der Waals surface area (Å²) in [5.74, 6) is 0.166. The predicted molar refractivity (Wildman–Crippen MR) is 110 cm³/mol. The van der Waals surface area contributed by atoms with Crippen molar-refractivity contribution in [3.63, 3.8) is 0 Å². The van der Waals surface area contributed by atoms with Crippen LogP contribution in [0.1, 0.15) is 9.80 Å². The van der Waals surface area contributed by atoms with Crippen LogP contribution in [0, 0.1) is 0 Å². The first-order valence-corrected chi connectivity index (χ1v) is 9.94. The smallest absolute Gasteiger partial charge is 0.283 e. The molecule has 2 aromatic heterocycles. The molecule has 3 aromatic rings. The summed E-state index contributed by atoms with van der Waals surface area (Å²) >= 11 is 1.28. The number of aliphatic hydroxyl groups excluding tert-OH is 1. The van der Waals surface area contributed by atoms with Crippen LogP contribution in [0.4, 0.5) is 11.5 Å². The second kappa shape index (κ2) is 8.02. The highest BCUT2D eigenvalue weighted by atomic mass is 32.1. The van der Waals surface area contributed by atoms with E-state index >= 15 is 0 Å². The number of aromatic nitrogens is 3. The molecule has 1 atom stereocenters. The number of benzene rings is 1. The van der Waals surface area contributed by atoms with E-state index in [2.05, 4.69) is 15.2 Å². The summed E-state index contributed by atoms with van der Waals surface area (Å²) in [6.45, 7) is 1.14. The first kappa shape index (κ1) is 19.1. The number of hydrogen-bond acceptors (Lipinski definition) is 9. The first-order valence-electron chi connectivity index (χ1n) is 9.06. The SMILES string of the molecule is Nc1nnc(-c2ccccc2O)cc1N1CCN(C(=O)c2nccs2)C(CO)C1. The van der Waals surface area contributed by atoms with Crippen molar-refractivity contribution in [3.8, 4) is 17.0 Å². The number of nitrogen functional groups attached to an aromatic ring is 1. The van der Waals surface area contributed by atoms with Gasteiger partial charge in [0.25, 0.3) is 5.91 Å². The maximum atomic E-state index is 12.7. The molecule has 1 amide bonds. The van der Waals surface area contributed by atoms with Crippen molar-refractivity contribution in [2.75, 3.05) is 36.9 Å². The number of phenolic OH excluding ortho intramolecular Hbond substituents is 1. The number of piperazine rings is 1. The summed E-state index contributed by atoms with van der Waals surface area (Å²) in [6.07, 6.45) is 1.59. The van der Waals surface area contributed by atoms with Gasteiger partial charge in [-0.05, 0) is 18.2 Å². The zero-order chi connectivity index (χ0) is 20.4. The van der Waals surface area contributed by atoms with Crippen LogP contribution in [0.2, 0.25) is 0 Å². The van der Waals surface area contributed by atoms with Gasteiger partial charge in [-0.3, -0.25) is 4.79 Å². The number of carbonyl (C=O) groups excluding carboxylic acids is 1. The Hall–Kier alpha value is -3.24. The van der Waals surface area contributed by atoms with Crippen molar-refractivity contribution in [2.45, 2.75) is 6.04 Å². The first-order chi connectivity index (χ1) is 14.1. The van der Waals surface area contributed by atoms with E-state index in [4.69, 9.17) is 5.73 Å². The maximum Gasteiger partial charge on any atom is 0.283 e. The largest absolute Gasteiger partial charge is 0.507 e. The van der Waals surface area contributed by atoms with E-state index in [0.29, 0.717) is 41.6 Å². The highest BCUT2D eigenvalue weighted by Gasteiger charge is 2.32. The van der Waals surface area contributed by atoms with Gasteiger partial charge in [0.2, 0.25) is 0 Å². The topological polar surface area (TPSA) is 129 Å². The van der Waals surface area contributed by atoms with Gasteiger partial charge in [-0.25, -0.2) is 4.98 Å². The van der Waals surface area contributed by atoms with Crippen LogP contribution in [-0.4, -0.2) is 68.5 Å². The van der Waals surface area contributed by atoms with Gasteiger partial charge in [-0.1, -0.05) is 12.1 Å². The lowest BCUT2D eigenvalue weighted by molar-refractivity contribution is 0.0565. The molecule has 1 aromatic carbocycles. The fourth-order valence-electron chi connectivity index (χ4n) is 3.42. The van der Waals surface area contributed by atoms with E-state index in [1.807, 2.05) is 4.90 Å². The number of aromatic hydroxyl groups is 1. The second-order valence-corrected chi connectivity index (χ2v) is 7.53. The minimum absolute atomic E-state index is 0.101. The molecule has 4 rings (SSSR count). The summed E-state index contributed by atoms with van der Waals surface area (Å²) in [7, 11) is 0. The molecule has 0 spiro atoms. The van der Waals surface area contributed by atoms with Crippen molar-refractivity contribution >= 4 is 28.7 Å². The highest BCUT2D eigenvalue weighted by molar-refractivity contribution is 7.11. The lowest BCUT2D eigenvalue weighted by atomic mass is 10.1. The van der Waals surface area contributed by atoms with Crippen LogP contribution in [-0.2, 0) is 0 Å². The standard InChI is InChI=1S/C19H20N6O3S/c20-17-15(9-14(22-23-17)13-3-1-2-4-16(13)27)24-6-7-25(12(10-24)11-26)19(28)18-21-5-8-29-18/h1-5,8-9,12,26-27H,6-7,10-11H2,(H2,20,23). The number of nitrogens with zero attached hydrogens (tertiary/aromatic N) is 5. The van der Waals surface area contributed by atoms with E-state index in [9.17, 15) is 15.0 Å². The van der Waals surface area contributed by atoms with E-state index < -0.39 is 6.04 Å². The molecular formula is C19H20N6O3S. The number of thiazole rings is 1. The van der Waals surface area contributed by atoms with Gasteiger partial charge in [-0.15, -0.1) is 21.5 Å². The molecule has 3 heterocycles. The van der Waals surface area contributed by atoms with Crippen LogP contribution >= 0.6 is 11.3 Å². The van der Waals surface area contributed by atoms with Crippen molar-refractivity contribution in [3.05, 3.63) is 46.9 Å². The lowest BCUT2D eigenvalue weighted by Crippen LogP contribution is -2.57. The van der Waals surface area contributed by atoms with Crippen LogP contribution in [0.25, 0.3) is 11.3 Å². The Morgan fingerprint density at radius 2 is 2.10 bits per heavy atom. The normalized spacial score (nSPS) is 16.8. The monoisotopic (exact) mass is 412 g/mol. The Bertz CT molecular complexity index is 1010. The number of aliphatic hydroxyl groups is 1. The van der Waals surface area contributed by atoms with Crippen molar-refractivity contribution in [1.29, 1.82) is 0 Å². The lowest BCUT2D eigenvalue weighted by Gasteiger charge is -2.41. The van der Waals surface area contributed by atoms with Crippen LogP contribution in [0.15, 0.2) is 41.9 Å². The number of hydrogen-bond donors (Lipinski definition) is 3. The fourth-order valence-corrected chi connectivity index (χ4v) is 4.01. The van der Waals surface area contributed by atoms with Gasteiger partial charge in [0, 0.05) is 36.8 Å². The fraction of sp³-hybridized carbons (Fsp3) is 0.263. The third-order valence-electron chi connectivity index (χ3n) is 4.89. The van der Waals surface area contributed by atoms with Gasteiger partial charge < -0.3 is 25.7 Å². The summed E-state index contributed by atoms with van der Waals surface area (Å²) < 4.78 is 0. The van der Waals surface area contributed by atoms with Crippen LogP contribution in [0.3, 0.4) is 0 Å². The molecule has 9 nitrogen and oxygen atoms in total. The van der Waals surface area contributed by atoms with Gasteiger partial charge in [0.15, 0.2) is 10.8 Å². The molecule has 1 fully saturated rings. The molecule has 0 aliphatic carbocycles. The summed E-state index contributed by atoms with van der Waals surface area (Å²) in [6, 6.07) is 8.23. The number of nitrogens with two attached hydrogens (primary N) is 1. The minimum atomic E-state index is -0.402. The number of anilines is 2. The van der Waals surface area contributed by atoms with E-state index in [0.717, 1.165) is 0 Å². The third kappa shape index (κ3) is 3.71. The number of phenols is 1. The average Bonchev–Trinajstić information content (AvgIpc) is 3.29. The minimum Gasteiger partial charge on any atom is -0.507 e. The molecule has 4 N–H and O–H groups in total. The number of para-hydroxylation sites is 1. The Labute approximate surface area is 171 Å². The van der Waals surface area contributed by atoms with Gasteiger partial charge in [0.1, 0.15) is 5.75 Å². The Morgan fingerprint density at radius 1 is 1.28 bits per heavy atom. The zero-order valence-corrected chi connectivity index (χ0v) is 16.3. The van der Waals surface area contributed by atoms with Crippen molar-refractivity contribution < 1.29 is 15.0 Å². The molecule has 1 aliphatic rings. The molecule has 1 unspecified atom stereocenters. The molecule has 0 saturated carbocycles. The van der Waals surface area contributed by atoms with Gasteiger partial charge in [-0.2, -0.15) is 0 Å². The molecule has 1 aliphatic heterocycles. The molecule has 1 saturated heterocycles. The molecule has 0 bridgehead atoms. The third-order valence-corrected chi connectivity index (χ3v) is 5.65. The highest BCUT2D eigenvalue weighted by Crippen LogP contribution is 2.32. The Morgan fingerprint density at radius 3 is 2.83 bits per heavy atom. The van der Waals surface area contributed by atoms with Crippen molar-refractivity contribution in [1.82, 2.24) is 20.1 Å². The predicted octanol–water partition coefficient (Wildman–Crippen LogP) is 1.21. The second-order valence-electron chi connectivity index (χ2n) is 6.64. The average molecular weight is 412 g/mol. The number of amides is 1. The molecule has 10 heteroatoms. The van der Waals surface area contributed by atoms with E-state index in [-0.39, 0.29) is 24.1 Å². The van der Waals surface area contributed by atoms with Crippen LogP contribution < -0.4 is 10.6 Å². The molecule has 0 radical (unpaired) electrons. The number of rotatable bonds is 4. The van der Waals surface area contributed by atoms with Crippen molar-refractivity contribution in [2.24, 2.45) is 0 Å². The van der Waals surface area contributed by atoms with Gasteiger partial charge >= 0.3 is 0 Å². The summed E-state index contributed by atoms with van der Waals surface area (Å²) in [4.78, 5) is 20.4.